The maximum atomic E-state index is 9.70. The highest BCUT2D eigenvalue weighted by molar-refractivity contribution is 6.99. The number of hydrogen-bond acceptors (Lipinski definition) is 3. The summed E-state index contributed by atoms with van der Waals surface area (Å²) in [4.78, 5) is 2.32. The van der Waals surface area contributed by atoms with E-state index in [0.717, 1.165) is 117 Å². The fourth-order valence-electron chi connectivity index (χ4n) is 16.0. The highest BCUT2D eigenvalue weighted by atomic mass is 16.5. The molecule has 0 bridgehead atoms. The number of fused-ring (bicyclic) bond motifs is 12. The van der Waals surface area contributed by atoms with Gasteiger partial charge in [0.1, 0.15) is 23.0 Å². The van der Waals surface area contributed by atoms with Gasteiger partial charge >= 0.3 is 0 Å². The average Bonchev–Trinajstić information content (AvgIpc) is 1.61. The molecule has 3 aliphatic rings. The van der Waals surface area contributed by atoms with Gasteiger partial charge in [0.25, 0.3) is 6.71 Å². The van der Waals surface area contributed by atoms with Crippen LogP contribution in [0.5, 0.6) is 23.0 Å². The molecule has 20 rings (SSSR count). The zero-order valence-corrected chi connectivity index (χ0v) is 52.1. The van der Waals surface area contributed by atoms with Gasteiger partial charge in [-0.1, -0.05) is 273 Å². The molecule has 0 atom stereocenters. The minimum atomic E-state index is -0.775. The molecule has 5 heterocycles. The maximum Gasteiger partial charge on any atom is 0.256 e. The van der Waals surface area contributed by atoms with Crippen molar-refractivity contribution in [2.75, 3.05) is 4.90 Å². The molecule has 452 valence electrons. The molecule has 0 N–H and O–H groups in total. The summed E-state index contributed by atoms with van der Waals surface area (Å²) in [5, 5.41) is 2.37. The van der Waals surface area contributed by atoms with Crippen molar-refractivity contribution in [2.45, 2.75) is 5.41 Å². The lowest BCUT2D eigenvalue weighted by molar-refractivity contribution is 0.434. The van der Waals surface area contributed by atoms with Crippen LogP contribution in [0.4, 0.5) is 17.1 Å². The highest BCUT2D eigenvalue weighted by Gasteiger charge is 2.47. The molecule has 0 radical (unpaired) electrons. The number of benzene rings is 15. The van der Waals surface area contributed by atoms with Gasteiger partial charge in [0, 0.05) is 66.5 Å². The van der Waals surface area contributed by atoms with Crippen molar-refractivity contribution in [3.8, 4) is 78.9 Å². The fraction of sp³-hybridized carbons (Fsp3) is 0.0110. The van der Waals surface area contributed by atoms with Gasteiger partial charge in [-0.05, 0) is 140 Å². The molecule has 5 nitrogen and oxygen atoms in total. The van der Waals surface area contributed by atoms with Gasteiger partial charge in [0.2, 0.25) is 0 Å². The standard InChI is InChI=1S/C91H58BN3O2/c1-5-24-60(25-6-1)69-36-23-37-70(61-26-7-2-8-27-61)90(69)95-83-58-68(94-81-41-20-15-34-73(81)74-35-16-21-42-82(74)94)50-53-77(83)92-78-52-47-62(59-44-48-67(49-45-59)93-79-39-18-13-32-71(79)72-33-14-19-40-80(72)93)56-87(78)97-88-57-64(54-84(95)89(88)92)63-46-51-76-86(55-63)96-85-43-22-17-38-75(85)91(76,65-28-9-3-10-29-65)66-30-11-4-12-31-66/h1-58H/i15D,16D,20D,21D,34D,35D,41D,42D. The largest absolute Gasteiger partial charge is 0.458 e. The number of nitrogens with zero attached hydrogens (tertiary/aromatic N) is 3. The van der Waals surface area contributed by atoms with Crippen LogP contribution in [0, 0.1) is 0 Å². The van der Waals surface area contributed by atoms with Crippen molar-refractivity contribution < 1.29 is 20.4 Å². The van der Waals surface area contributed by atoms with Crippen LogP contribution in [-0.4, -0.2) is 15.8 Å². The van der Waals surface area contributed by atoms with Crippen molar-refractivity contribution in [3.63, 3.8) is 0 Å². The van der Waals surface area contributed by atoms with Crippen LogP contribution in [0.25, 0.3) is 99.5 Å². The summed E-state index contributed by atoms with van der Waals surface area (Å²) in [7, 11) is 0. The van der Waals surface area contributed by atoms with Crippen LogP contribution in [-0.2, 0) is 5.41 Å². The van der Waals surface area contributed by atoms with E-state index in [1.54, 1.807) is 4.57 Å². The second-order valence-corrected chi connectivity index (χ2v) is 25.2. The second kappa shape index (κ2) is 21.7. The van der Waals surface area contributed by atoms with Gasteiger partial charge in [0.05, 0.1) is 44.1 Å². The van der Waals surface area contributed by atoms with E-state index >= 15 is 0 Å². The van der Waals surface area contributed by atoms with E-state index in [0.29, 0.717) is 28.6 Å². The first-order valence-corrected chi connectivity index (χ1v) is 32.8. The molecule has 97 heavy (non-hydrogen) atoms. The highest BCUT2D eigenvalue weighted by Crippen LogP contribution is 2.57. The monoisotopic (exact) mass is 1240 g/mol. The predicted molar refractivity (Wildman–Crippen MR) is 401 cm³/mol. The first kappa shape index (κ1) is 47.3. The van der Waals surface area contributed by atoms with E-state index in [1.165, 1.54) is 10.8 Å². The van der Waals surface area contributed by atoms with E-state index in [1.807, 2.05) is 54.6 Å². The van der Waals surface area contributed by atoms with Crippen molar-refractivity contribution in [2.24, 2.45) is 0 Å². The molecule has 15 aromatic carbocycles. The Hall–Kier alpha value is -12.6. The number of rotatable bonds is 9. The van der Waals surface area contributed by atoms with Crippen LogP contribution in [0.3, 0.4) is 0 Å². The Kier molecular flexibility index (Phi) is 10.6. The Morgan fingerprint density at radius 2 is 0.804 bits per heavy atom. The average molecular weight is 1240 g/mol. The molecule has 0 aliphatic carbocycles. The minimum Gasteiger partial charge on any atom is -0.458 e. The smallest absolute Gasteiger partial charge is 0.256 e. The first-order chi connectivity index (χ1) is 51.4. The summed E-state index contributed by atoms with van der Waals surface area (Å²) in [5.41, 5.74) is 19.6. The van der Waals surface area contributed by atoms with E-state index in [2.05, 4.69) is 258 Å². The molecule has 0 amide bonds. The molecular formula is C91H58BN3O2. The van der Waals surface area contributed by atoms with Crippen molar-refractivity contribution in [1.29, 1.82) is 0 Å². The van der Waals surface area contributed by atoms with Crippen LogP contribution >= 0.6 is 0 Å². The van der Waals surface area contributed by atoms with Crippen LogP contribution in [0.1, 0.15) is 33.2 Å². The normalized spacial score (nSPS) is 14.3. The zero-order valence-electron chi connectivity index (χ0n) is 60.1. The summed E-state index contributed by atoms with van der Waals surface area (Å²) in [5.74, 6) is 2.73. The van der Waals surface area contributed by atoms with Crippen molar-refractivity contribution in [3.05, 3.63) is 374 Å². The molecular weight excluding hydrogens is 1180 g/mol. The number of ether oxygens (including phenoxy) is 2. The third-order valence-corrected chi connectivity index (χ3v) is 20.2. The Labute approximate surface area is 573 Å². The van der Waals surface area contributed by atoms with E-state index < -0.39 is 48.4 Å². The number of hydrogen-bond donors (Lipinski definition) is 0. The van der Waals surface area contributed by atoms with Gasteiger partial charge in [-0.3, -0.25) is 0 Å². The lowest BCUT2D eigenvalue weighted by atomic mass is 9.34. The third-order valence-electron chi connectivity index (χ3n) is 20.2. The van der Waals surface area contributed by atoms with Gasteiger partial charge in [-0.2, -0.15) is 0 Å². The predicted octanol–water partition coefficient (Wildman–Crippen LogP) is 21.4. The summed E-state index contributed by atoms with van der Waals surface area (Å²) in [6.45, 7) is -0.489. The van der Waals surface area contributed by atoms with Gasteiger partial charge < -0.3 is 23.5 Å². The van der Waals surface area contributed by atoms with E-state index in [9.17, 15) is 5.48 Å². The summed E-state index contributed by atoms with van der Waals surface area (Å²) in [6, 6.07) is 102. The molecule has 0 saturated heterocycles. The van der Waals surface area contributed by atoms with Gasteiger partial charge in [0.15, 0.2) is 0 Å². The Balaban J connectivity index is 0.865. The summed E-state index contributed by atoms with van der Waals surface area (Å²) in [6.07, 6.45) is 0. The Morgan fingerprint density at radius 3 is 1.46 bits per heavy atom. The molecule has 0 unspecified atom stereocenters. The van der Waals surface area contributed by atoms with Crippen LogP contribution in [0.15, 0.2) is 352 Å². The Morgan fingerprint density at radius 1 is 0.309 bits per heavy atom. The lowest BCUT2D eigenvalue weighted by Gasteiger charge is -2.42. The fourth-order valence-corrected chi connectivity index (χ4v) is 16.0. The topological polar surface area (TPSA) is 31.6 Å². The lowest BCUT2D eigenvalue weighted by Crippen LogP contribution is -2.59. The van der Waals surface area contributed by atoms with E-state index in [-0.39, 0.29) is 33.9 Å². The zero-order chi connectivity index (χ0) is 70.7. The molecule has 2 aromatic heterocycles. The molecule has 0 saturated carbocycles. The Bertz CT molecular complexity index is 6300. The number of aromatic nitrogens is 2. The van der Waals surface area contributed by atoms with Gasteiger partial charge in [-0.25, -0.2) is 0 Å². The van der Waals surface area contributed by atoms with Crippen molar-refractivity contribution in [1.82, 2.24) is 9.13 Å². The number of para-hydroxylation sites is 6. The van der Waals surface area contributed by atoms with Crippen LogP contribution in [0.2, 0.25) is 0 Å². The SMILES string of the molecule is [2H]c1c([2H])c([2H])c2c(c1[2H])c1c([2H])c([2H])c([2H])c([2H])c1n2-c1ccc2c(c1)N(c1c(-c3ccccc3)cccc1-c1ccccc1)c1cc(-c3ccc4c(c3)Oc3ccccc3C4(c3ccccc3)c3ccccc3)cc3c1B2c1ccc(-c2ccc(-n4c5ccccc5c5ccccc54)cc2)cc1O3. The third kappa shape index (κ3) is 8.33. The summed E-state index contributed by atoms with van der Waals surface area (Å²) >= 11 is 0. The number of anilines is 3. The summed E-state index contributed by atoms with van der Waals surface area (Å²) < 4.78 is 93.3. The second-order valence-electron chi connectivity index (χ2n) is 25.2. The molecule has 3 aliphatic heterocycles. The first-order valence-electron chi connectivity index (χ1n) is 36.8. The minimum absolute atomic E-state index is 0.00389. The quantitative estimate of drug-likeness (QED) is 0.135. The molecule has 6 heteroatoms. The molecule has 0 spiro atoms. The van der Waals surface area contributed by atoms with Gasteiger partial charge in [-0.15, -0.1) is 0 Å². The maximum absolute atomic E-state index is 9.70. The molecule has 17 aromatic rings. The van der Waals surface area contributed by atoms with Crippen molar-refractivity contribution >= 4 is 83.8 Å². The van der Waals surface area contributed by atoms with E-state index in [4.69, 9.17) is 15.0 Å². The van der Waals surface area contributed by atoms with Crippen LogP contribution < -0.4 is 30.8 Å². The molecule has 0 fully saturated rings.